The Labute approximate surface area is 174 Å². The summed E-state index contributed by atoms with van der Waals surface area (Å²) < 4.78 is 45.9. The Morgan fingerprint density at radius 2 is 1.81 bits per heavy atom. The van der Waals surface area contributed by atoms with Crippen LogP contribution < -0.4 is 4.74 Å². The molecule has 9 heteroatoms. The molecule has 2 aromatic carbocycles. The maximum Gasteiger partial charge on any atom is 0.416 e. The van der Waals surface area contributed by atoms with Gasteiger partial charge in [-0.2, -0.15) is 18.3 Å². The van der Waals surface area contributed by atoms with Crippen molar-refractivity contribution in [3.63, 3.8) is 0 Å². The summed E-state index contributed by atoms with van der Waals surface area (Å²) in [5, 5.41) is 14.3. The second-order valence-corrected chi connectivity index (χ2v) is 6.83. The number of halogens is 3. The van der Waals surface area contributed by atoms with Gasteiger partial charge in [-0.15, -0.1) is 0 Å². The number of carbonyl (C=O) groups is 1. The maximum absolute atomic E-state index is 13.2. The van der Waals surface area contributed by atoms with Crippen molar-refractivity contribution in [3.05, 3.63) is 71.4 Å². The van der Waals surface area contributed by atoms with Gasteiger partial charge in [0.15, 0.2) is 5.65 Å². The summed E-state index contributed by atoms with van der Waals surface area (Å²) in [6, 6.07) is 12.9. The molecule has 0 aliphatic heterocycles. The Bertz CT molecular complexity index is 1300. The van der Waals surface area contributed by atoms with Gasteiger partial charge < -0.3 is 9.84 Å². The smallest absolute Gasteiger partial charge is 0.416 e. The van der Waals surface area contributed by atoms with Crippen molar-refractivity contribution in [1.82, 2.24) is 14.8 Å². The second kappa shape index (κ2) is 7.42. The first-order chi connectivity index (χ1) is 14.7. The number of hydrogen-bond acceptors (Lipinski definition) is 4. The molecule has 0 radical (unpaired) electrons. The number of alkyl halides is 3. The number of benzene rings is 2. The number of carboxylic acids is 1. The Kier molecular flexibility index (Phi) is 4.88. The summed E-state index contributed by atoms with van der Waals surface area (Å²) in [5.41, 5.74) is 0.729. The van der Waals surface area contributed by atoms with E-state index < -0.39 is 17.7 Å². The van der Waals surface area contributed by atoms with Crippen molar-refractivity contribution in [3.8, 4) is 22.7 Å². The lowest BCUT2D eigenvalue weighted by Gasteiger charge is -2.10. The van der Waals surface area contributed by atoms with Gasteiger partial charge in [0.05, 0.1) is 40.7 Å². The van der Waals surface area contributed by atoms with Crippen LogP contribution in [0.15, 0.2) is 54.6 Å². The van der Waals surface area contributed by atoms with Crippen LogP contribution in [0.3, 0.4) is 0 Å². The molecule has 0 spiro atoms. The predicted molar refractivity (Wildman–Crippen MR) is 108 cm³/mol. The minimum absolute atomic E-state index is 0.0356. The number of methoxy groups -OCH3 is 1. The van der Waals surface area contributed by atoms with Gasteiger partial charge in [0.1, 0.15) is 5.75 Å². The van der Waals surface area contributed by atoms with E-state index in [1.165, 1.54) is 30.0 Å². The second-order valence-electron chi connectivity index (χ2n) is 6.83. The van der Waals surface area contributed by atoms with E-state index in [1.54, 1.807) is 31.2 Å². The highest BCUT2D eigenvalue weighted by Gasteiger charge is 2.31. The predicted octanol–water partition coefficient (Wildman–Crippen LogP) is 5.12. The number of aromatic nitrogens is 3. The molecule has 0 saturated carbocycles. The van der Waals surface area contributed by atoms with E-state index in [4.69, 9.17) is 4.74 Å². The monoisotopic (exact) mass is 427 g/mol. The first kappa shape index (κ1) is 20.4. The molecule has 4 aromatic rings. The van der Waals surface area contributed by atoms with Crippen LogP contribution in [-0.2, 0) is 6.18 Å². The zero-order valence-electron chi connectivity index (χ0n) is 16.4. The molecule has 0 unspecified atom stereocenters. The molecule has 0 amide bonds. The lowest BCUT2D eigenvalue weighted by molar-refractivity contribution is -0.137. The van der Waals surface area contributed by atoms with Crippen LogP contribution in [0.2, 0.25) is 0 Å². The molecule has 6 nitrogen and oxygen atoms in total. The standard InChI is InChI=1S/C22H16F3N3O3/c1-12-19-17(21(29)30)11-18(13-6-8-16(31-2)9-7-13)26-20(19)28(27-12)15-5-3-4-14(10-15)22(23,24)25/h3-11H,1-2H3,(H,29,30). The minimum Gasteiger partial charge on any atom is -0.497 e. The third kappa shape index (κ3) is 3.70. The van der Waals surface area contributed by atoms with E-state index in [0.717, 1.165) is 12.1 Å². The molecule has 4 rings (SSSR count). The SMILES string of the molecule is COc1ccc(-c2cc(C(=O)O)c3c(C)nn(-c4cccc(C(F)(F)F)c4)c3n2)cc1. The zero-order chi connectivity index (χ0) is 22.3. The highest BCUT2D eigenvalue weighted by Crippen LogP contribution is 2.33. The van der Waals surface area contributed by atoms with Crippen molar-refractivity contribution in [2.75, 3.05) is 7.11 Å². The van der Waals surface area contributed by atoms with Gasteiger partial charge in [0.25, 0.3) is 0 Å². The normalized spacial score (nSPS) is 11.6. The highest BCUT2D eigenvalue weighted by atomic mass is 19.4. The topological polar surface area (TPSA) is 77.2 Å². The molecule has 0 saturated heterocycles. The van der Waals surface area contributed by atoms with Crippen molar-refractivity contribution in [2.24, 2.45) is 0 Å². The van der Waals surface area contributed by atoms with Crippen LogP contribution in [0, 0.1) is 6.92 Å². The van der Waals surface area contributed by atoms with Gasteiger partial charge in [-0.05, 0) is 55.5 Å². The maximum atomic E-state index is 13.2. The third-order valence-corrected chi connectivity index (χ3v) is 4.85. The number of pyridine rings is 1. The fourth-order valence-electron chi connectivity index (χ4n) is 3.36. The lowest BCUT2D eigenvalue weighted by Crippen LogP contribution is -2.07. The molecule has 2 aromatic heterocycles. The summed E-state index contributed by atoms with van der Waals surface area (Å²) >= 11 is 0. The van der Waals surface area contributed by atoms with Gasteiger partial charge in [-0.25, -0.2) is 14.5 Å². The van der Waals surface area contributed by atoms with E-state index in [-0.39, 0.29) is 22.3 Å². The van der Waals surface area contributed by atoms with Gasteiger partial charge >= 0.3 is 12.1 Å². The van der Waals surface area contributed by atoms with Crippen LogP contribution in [0.5, 0.6) is 5.75 Å². The molecule has 2 heterocycles. The number of rotatable bonds is 4. The number of carboxylic acid groups (broad SMARTS) is 1. The van der Waals surface area contributed by atoms with Crippen molar-refractivity contribution < 1.29 is 27.8 Å². The number of ether oxygens (including phenoxy) is 1. The first-order valence-corrected chi connectivity index (χ1v) is 9.15. The number of nitrogens with zero attached hydrogens (tertiary/aromatic N) is 3. The molecule has 0 fully saturated rings. The molecule has 158 valence electrons. The fraction of sp³-hybridized carbons (Fsp3) is 0.136. The summed E-state index contributed by atoms with van der Waals surface area (Å²) in [6.07, 6.45) is -4.53. The van der Waals surface area contributed by atoms with Gasteiger partial charge in [0.2, 0.25) is 0 Å². The van der Waals surface area contributed by atoms with E-state index in [2.05, 4.69) is 10.1 Å². The Morgan fingerprint density at radius 1 is 1.10 bits per heavy atom. The largest absolute Gasteiger partial charge is 0.497 e. The summed E-state index contributed by atoms with van der Waals surface area (Å²) in [7, 11) is 1.53. The van der Waals surface area contributed by atoms with Crippen LogP contribution in [0.4, 0.5) is 13.2 Å². The molecule has 1 N–H and O–H groups in total. The number of fused-ring (bicyclic) bond motifs is 1. The van der Waals surface area contributed by atoms with E-state index >= 15 is 0 Å². The van der Waals surface area contributed by atoms with Gasteiger partial charge in [0, 0.05) is 5.56 Å². The molecular weight excluding hydrogens is 411 g/mol. The fourth-order valence-corrected chi connectivity index (χ4v) is 3.36. The summed E-state index contributed by atoms with van der Waals surface area (Å²) in [6.45, 7) is 1.59. The lowest BCUT2D eigenvalue weighted by atomic mass is 10.1. The highest BCUT2D eigenvalue weighted by molar-refractivity contribution is 6.04. The van der Waals surface area contributed by atoms with Crippen molar-refractivity contribution in [2.45, 2.75) is 13.1 Å². The molecule has 0 atom stereocenters. The number of aryl methyl sites for hydroxylation is 1. The van der Waals surface area contributed by atoms with Crippen LogP contribution in [0.1, 0.15) is 21.6 Å². The first-order valence-electron chi connectivity index (χ1n) is 9.15. The quantitative estimate of drug-likeness (QED) is 0.489. The summed E-state index contributed by atoms with van der Waals surface area (Å²) in [4.78, 5) is 16.5. The van der Waals surface area contributed by atoms with E-state index in [9.17, 15) is 23.1 Å². The molecule has 0 aliphatic rings. The average molecular weight is 427 g/mol. The molecule has 31 heavy (non-hydrogen) atoms. The van der Waals surface area contributed by atoms with Crippen LogP contribution >= 0.6 is 0 Å². The van der Waals surface area contributed by atoms with E-state index in [0.29, 0.717) is 22.7 Å². The number of aromatic carboxylic acids is 1. The molecule has 0 bridgehead atoms. The van der Waals surface area contributed by atoms with Crippen molar-refractivity contribution >= 4 is 17.0 Å². The molecular formula is C22H16F3N3O3. The average Bonchev–Trinajstić information content (AvgIpc) is 3.09. The van der Waals surface area contributed by atoms with Crippen LogP contribution in [-0.4, -0.2) is 33.0 Å². The Hall–Kier alpha value is -3.88. The Balaban J connectivity index is 1.98. The third-order valence-electron chi connectivity index (χ3n) is 4.85. The van der Waals surface area contributed by atoms with Crippen LogP contribution in [0.25, 0.3) is 28.0 Å². The Morgan fingerprint density at radius 3 is 2.42 bits per heavy atom. The van der Waals surface area contributed by atoms with Gasteiger partial charge in [-0.1, -0.05) is 6.07 Å². The minimum atomic E-state index is -4.53. The van der Waals surface area contributed by atoms with E-state index in [1.807, 2.05) is 0 Å². The van der Waals surface area contributed by atoms with Crippen molar-refractivity contribution in [1.29, 1.82) is 0 Å². The number of hydrogen-bond donors (Lipinski definition) is 1. The zero-order valence-corrected chi connectivity index (χ0v) is 16.4. The molecule has 0 aliphatic carbocycles. The summed E-state index contributed by atoms with van der Waals surface area (Å²) in [5.74, 6) is -0.568. The van der Waals surface area contributed by atoms with Gasteiger partial charge in [-0.3, -0.25) is 0 Å².